The minimum atomic E-state index is 0.0747. The summed E-state index contributed by atoms with van der Waals surface area (Å²) in [5.74, 6) is 2.16. The van der Waals surface area contributed by atoms with E-state index < -0.39 is 0 Å². The number of para-hydroxylation sites is 1. The van der Waals surface area contributed by atoms with E-state index in [-0.39, 0.29) is 5.91 Å². The minimum absolute atomic E-state index is 0.0747. The molecule has 1 aromatic carbocycles. The van der Waals surface area contributed by atoms with Crippen LogP contribution in [0.3, 0.4) is 0 Å². The number of H-pyrrole nitrogens is 1. The number of anilines is 1. The zero-order valence-corrected chi connectivity index (χ0v) is 18.0. The lowest BCUT2D eigenvalue weighted by atomic mass is 9.99. The van der Waals surface area contributed by atoms with Crippen LogP contribution in [0.25, 0.3) is 10.9 Å². The van der Waals surface area contributed by atoms with E-state index in [1.807, 2.05) is 62.6 Å². The highest BCUT2D eigenvalue weighted by Crippen LogP contribution is 2.23. The smallest absolute Gasteiger partial charge is 0.227 e. The molecule has 2 aromatic heterocycles. The normalized spacial score (nSPS) is 16.6. The SMILES string of the molecule is CN(Cc1cc(N(C)C)nc(C2CCCNC2)n1)C(=O)Cc1c[nH]c2ccccc12. The third kappa shape index (κ3) is 4.46. The Morgan fingerprint density at radius 2 is 2.03 bits per heavy atom. The Hall–Kier alpha value is -2.93. The number of hydrogen-bond donors (Lipinski definition) is 2. The Balaban J connectivity index is 1.50. The molecule has 1 saturated heterocycles. The molecule has 30 heavy (non-hydrogen) atoms. The van der Waals surface area contributed by atoms with E-state index in [4.69, 9.17) is 9.97 Å². The highest BCUT2D eigenvalue weighted by molar-refractivity contribution is 5.88. The summed E-state index contributed by atoms with van der Waals surface area (Å²) in [4.78, 5) is 29.5. The van der Waals surface area contributed by atoms with E-state index in [0.717, 1.165) is 59.7 Å². The van der Waals surface area contributed by atoms with Crippen molar-refractivity contribution in [3.63, 3.8) is 0 Å². The fourth-order valence-electron chi connectivity index (χ4n) is 3.97. The average molecular weight is 407 g/mol. The quantitative estimate of drug-likeness (QED) is 0.658. The van der Waals surface area contributed by atoms with E-state index in [9.17, 15) is 4.79 Å². The van der Waals surface area contributed by atoms with Crippen LogP contribution in [0, 0.1) is 0 Å². The summed E-state index contributed by atoms with van der Waals surface area (Å²) in [5.41, 5.74) is 2.96. The number of likely N-dealkylation sites (N-methyl/N-ethyl adjacent to an activating group) is 1. The van der Waals surface area contributed by atoms with E-state index in [2.05, 4.69) is 10.3 Å². The Bertz CT molecular complexity index is 1020. The standard InChI is InChI=1S/C23H30N6O/c1-28(2)21-12-18(26-23(27-21)16-7-6-10-24-13-16)15-29(3)22(30)11-17-14-25-20-9-5-4-8-19(17)20/h4-5,8-9,12,14,16,24-25H,6-7,10-11,13,15H2,1-3H3. The van der Waals surface area contributed by atoms with Gasteiger partial charge in [0.1, 0.15) is 11.6 Å². The molecule has 4 rings (SSSR count). The lowest BCUT2D eigenvalue weighted by Crippen LogP contribution is -2.31. The number of aromatic amines is 1. The molecule has 1 aliphatic heterocycles. The van der Waals surface area contributed by atoms with Crippen molar-refractivity contribution >= 4 is 22.6 Å². The van der Waals surface area contributed by atoms with E-state index in [0.29, 0.717) is 18.9 Å². The molecule has 1 unspecified atom stereocenters. The van der Waals surface area contributed by atoms with Crippen molar-refractivity contribution in [1.82, 2.24) is 25.2 Å². The highest BCUT2D eigenvalue weighted by atomic mass is 16.2. The zero-order valence-electron chi connectivity index (χ0n) is 18.0. The van der Waals surface area contributed by atoms with Crippen molar-refractivity contribution in [2.24, 2.45) is 0 Å². The van der Waals surface area contributed by atoms with Crippen molar-refractivity contribution in [3.05, 3.63) is 53.6 Å². The monoisotopic (exact) mass is 406 g/mol. The van der Waals surface area contributed by atoms with Gasteiger partial charge < -0.3 is 20.1 Å². The van der Waals surface area contributed by atoms with Crippen molar-refractivity contribution in [1.29, 1.82) is 0 Å². The Kier molecular flexibility index (Phi) is 5.99. The lowest BCUT2D eigenvalue weighted by Gasteiger charge is -2.24. The Morgan fingerprint density at radius 3 is 2.80 bits per heavy atom. The number of benzene rings is 1. The summed E-state index contributed by atoms with van der Waals surface area (Å²) in [5, 5.41) is 4.54. The summed E-state index contributed by atoms with van der Waals surface area (Å²) in [6.07, 6.45) is 4.53. The molecule has 0 aliphatic carbocycles. The van der Waals surface area contributed by atoms with Crippen LogP contribution in [0.4, 0.5) is 5.82 Å². The van der Waals surface area contributed by atoms with Crippen LogP contribution < -0.4 is 10.2 Å². The molecule has 7 nitrogen and oxygen atoms in total. The van der Waals surface area contributed by atoms with Crippen LogP contribution in [0.1, 0.15) is 35.8 Å². The second kappa shape index (κ2) is 8.83. The maximum absolute atomic E-state index is 12.9. The van der Waals surface area contributed by atoms with Crippen molar-refractivity contribution in [3.8, 4) is 0 Å². The third-order valence-electron chi connectivity index (χ3n) is 5.74. The van der Waals surface area contributed by atoms with E-state index >= 15 is 0 Å². The first kappa shape index (κ1) is 20.3. The predicted molar refractivity (Wildman–Crippen MR) is 120 cm³/mol. The molecule has 2 N–H and O–H groups in total. The van der Waals surface area contributed by atoms with E-state index in [1.54, 1.807) is 4.90 Å². The second-order valence-electron chi connectivity index (χ2n) is 8.30. The molecule has 0 spiro atoms. The van der Waals surface area contributed by atoms with Crippen LogP contribution in [-0.2, 0) is 17.8 Å². The Morgan fingerprint density at radius 1 is 1.20 bits per heavy atom. The van der Waals surface area contributed by atoms with E-state index in [1.165, 1.54) is 0 Å². The van der Waals surface area contributed by atoms with Gasteiger partial charge in [0.05, 0.1) is 18.7 Å². The number of carbonyl (C=O) groups is 1. The second-order valence-corrected chi connectivity index (χ2v) is 8.30. The number of hydrogen-bond acceptors (Lipinski definition) is 5. The largest absolute Gasteiger partial charge is 0.363 e. The topological polar surface area (TPSA) is 77.2 Å². The van der Waals surface area contributed by atoms with Gasteiger partial charge in [-0.1, -0.05) is 18.2 Å². The molecule has 3 heterocycles. The van der Waals surface area contributed by atoms with Gasteiger partial charge in [0, 0.05) is 56.8 Å². The first-order valence-electron chi connectivity index (χ1n) is 10.6. The van der Waals surface area contributed by atoms with Gasteiger partial charge in [-0.2, -0.15) is 0 Å². The average Bonchev–Trinajstić information content (AvgIpc) is 3.17. The van der Waals surface area contributed by atoms with Crippen LogP contribution >= 0.6 is 0 Å². The molecule has 7 heteroatoms. The van der Waals surface area contributed by atoms with Gasteiger partial charge in [-0.15, -0.1) is 0 Å². The fraction of sp³-hybridized carbons (Fsp3) is 0.435. The Labute approximate surface area is 177 Å². The fourth-order valence-corrected chi connectivity index (χ4v) is 3.97. The molecule has 1 amide bonds. The van der Waals surface area contributed by atoms with Gasteiger partial charge >= 0.3 is 0 Å². The van der Waals surface area contributed by atoms with Crippen LogP contribution in [0.15, 0.2) is 36.5 Å². The molecule has 1 atom stereocenters. The number of amides is 1. The molecule has 0 bridgehead atoms. The number of fused-ring (bicyclic) bond motifs is 1. The molecule has 1 aliphatic rings. The van der Waals surface area contributed by atoms with Gasteiger partial charge in [0.15, 0.2) is 0 Å². The van der Waals surface area contributed by atoms with Crippen molar-refractivity contribution in [2.45, 2.75) is 31.7 Å². The van der Waals surface area contributed by atoms with Crippen LogP contribution in [0.5, 0.6) is 0 Å². The van der Waals surface area contributed by atoms with Gasteiger partial charge in [-0.25, -0.2) is 9.97 Å². The van der Waals surface area contributed by atoms with Crippen LogP contribution in [-0.4, -0.2) is 60.0 Å². The highest BCUT2D eigenvalue weighted by Gasteiger charge is 2.21. The predicted octanol–water partition coefficient (Wildman–Crippen LogP) is 2.69. The number of rotatable bonds is 6. The first-order valence-corrected chi connectivity index (χ1v) is 10.6. The zero-order chi connectivity index (χ0) is 21.1. The number of nitrogens with one attached hydrogen (secondary N) is 2. The molecule has 3 aromatic rings. The molecule has 0 saturated carbocycles. The third-order valence-corrected chi connectivity index (χ3v) is 5.74. The lowest BCUT2D eigenvalue weighted by molar-refractivity contribution is -0.129. The van der Waals surface area contributed by atoms with Crippen molar-refractivity contribution in [2.75, 3.05) is 39.1 Å². The minimum Gasteiger partial charge on any atom is -0.363 e. The molecule has 158 valence electrons. The molecule has 1 fully saturated rings. The van der Waals surface area contributed by atoms with Gasteiger partial charge in [0.25, 0.3) is 0 Å². The molecular weight excluding hydrogens is 376 g/mol. The first-order chi connectivity index (χ1) is 14.5. The van der Waals surface area contributed by atoms with Gasteiger partial charge in [-0.05, 0) is 31.0 Å². The van der Waals surface area contributed by atoms with Gasteiger partial charge in [-0.3, -0.25) is 4.79 Å². The number of nitrogens with zero attached hydrogens (tertiary/aromatic N) is 4. The molecule has 0 radical (unpaired) electrons. The number of carbonyl (C=O) groups excluding carboxylic acids is 1. The van der Waals surface area contributed by atoms with Gasteiger partial charge in [0.2, 0.25) is 5.91 Å². The summed E-state index contributed by atoms with van der Waals surface area (Å²) < 4.78 is 0. The number of aromatic nitrogens is 3. The van der Waals surface area contributed by atoms with Crippen LogP contribution in [0.2, 0.25) is 0 Å². The maximum atomic E-state index is 12.9. The molecular formula is C23H30N6O. The summed E-state index contributed by atoms with van der Waals surface area (Å²) in [6, 6.07) is 10.0. The number of piperidine rings is 1. The summed E-state index contributed by atoms with van der Waals surface area (Å²) in [7, 11) is 5.82. The maximum Gasteiger partial charge on any atom is 0.227 e. The summed E-state index contributed by atoms with van der Waals surface area (Å²) in [6.45, 7) is 2.44. The summed E-state index contributed by atoms with van der Waals surface area (Å²) >= 11 is 0. The van der Waals surface area contributed by atoms with Crippen molar-refractivity contribution < 1.29 is 4.79 Å².